The van der Waals surface area contributed by atoms with Crippen LogP contribution in [0.25, 0.3) is 0 Å². The first-order chi connectivity index (χ1) is 8.66. The number of carbonyl (C=O) groups is 2. The number of imide groups is 1. The van der Waals surface area contributed by atoms with Gasteiger partial charge in [0.2, 0.25) is 11.8 Å². The van der Waals surface area contributed by atoms with Gasteiger partial charge in [-0.05, 0) is 38.1 Å². The smallest absolute Gasteiger partial charge is 0.233 e. The van der Waals surface area contributed by atoms with Crippen molar-refractivity contribution in [3.05, 3.63) is 0 Å². The summed E-state index contributed by atoms with van der Waals surface area (Å²) in [4.78, 5) is 25.9. The summed E-state index contributed by atoms with van der Waals surface area (Å²) >= 11 is 0. The first-order valence-electron chi connectivity index (χ1n) is 7.25. The van der Waals surface area contributed by atoms with Gasteiger partial charge in [-0.3, -0.25) is 14.5 Å². The first kappa shape index (κ1) is 12.2. The van der Waals surface area contributed by atoms with E-state index in [1.165, 1.54) is 17.7 Å². The number of rotatable bonds is 5. The Morgan fingerprint density at radius 1 is 1.17 bits per heavy atom. The van der Waals surface area contributed by atoms with Crippen molar-refractivity contribution in [2.45, 2.75) is 45.1 Å². The Balaban J connectivity index is 1.55. The monoisotopic (exact) mass is 250 g/mol. The molecule has 0 aromatic heterocycles. The topological polar surface area (TPSA) is 49.4 Å². The molecule has 2 aliphatic carbocycles. The molecular formula is C14H22N2O2. The number of hydrogen-bond donors (Lipinski definition) is 1. The van der Waals surface area contributed by atoms with E-state index in [0.29, 0.717) is 18.5 Å². The Hall–Kier alpha value is -0.900. The van der Waals surface area contributed by atoms with E-state index in [1.54, 1.807) is 0 Å². The molecule has 1 saturated heterocycles. The second-order valence-electron chi connectivity index (χ2n) is 6.22. The summed E-state index contributed by atoms with van der Waals surface area (Å²) in [7, 11) is 0. The zero-order chi connectivity index (χ0) is 12.7. The van der Waals surface area contributed by atoms with Crippen molar-refractivity contribution in [2.24, 2.45) is 17.8 Å². The molecule has 1 aliphatic heterocycles. The maximum atomic E-state index is 12.2. The molecule has 2 amide bonds. The Morgan fingerprint density at radius 2 is 1.78 bits per heavy atom. The van der Waals surface area contributed by atoms with Crippen molar-refractivity contribution in [1.82, 2.24) is 10.2 Å². The molecule has 3 atom stereocenters. The fourth-order valence-corrected chi connectivity index (χ4v) is 3.27. The van der Waals surface area contributed by atoms with Crippen LogP contribution in [0.2, 0.25) is 0 Å². The van der Waals surface area contributed by atoms with Gasteiger partial charge in [-0.1, -0.05) is 13.3 Å². The maximum absolute atomic E-state index is 12.2. The fraction of sp³-hybridized carbons (Fsp3) is 0.857. The molecule has 4 nitrogen and oxygen atoms in total. The van der Waals surface area contributed by atoms with Gasteiger partial charge in [-0.15, -0.1) is 0 Å². The molecule has 0 spiro atoms. The lowest BCUT2D eigenvalue weighted by Crippen LogP contribution is -2.38. The summed E-state index contributed by atoms with van der Waals surface area (Å²) in [6.45, 7) is 3.63. The number of carbonyl (C=O) groups excluding carboxylic acids is 2. The lowest BCUT2D eigenvalue weighted by molar-refractivity contribution is -0.140. The van der Waals surface area contributed by atoms with E-state index in [0.717, 1.165) is 25.8 Å². The number of likely N-dealkylation sites (tertiary alicyclic amines) is 1. The summed E-state index contributed by atoms with van der Waals surface area (Å²) in [6, 6.07) is 0.691. The van der Waals surface area contributed by atoms with E-state index < -0.39 is 0 Å². The highest BCUT2D eigenvalue weighted by Gasteiger charge is 2.49. The third-order valence-electron chi connectivity index (χ3n) is 4.51. The molecule has 0 aromatic carbocycles. The van der Waals surface area contributed by atoms with Crippen LogP contribution in [-0.4, -0.2) is 35.8 Å². The molecule has 4 heteroatoms. The number of amides is 2. The standard InChI is InChI=1S/C14H22N2O2/c1-9(7-15-10-5-6-10)8-16-13(17)11-3-2-4-12(11)14(16)18/h9-12,15H,2-8H2,1H3. The largest absolute Gasteiger partial charge is 0.314 e. The van der Waals surface area contributed by atoms with Crippen LogP contribution < -0.4 is 5.32 Å². The van der Waals surface area contributed by atoms with E-state index in [4.69, 9.17) is 0 Å². The second kappa shape index (κ2) is 4.65. The molecule has 0 bridgehead atoms. The van der Waals surface area contributed by atoms with Gasteiger partial charge < -0.3 is 5.32 Å². The number of nitrogens with zero attached hydrogens (tertiary/aromatic N) is 1. The van der Waals surface area contributed by atoms with Crippen molar-refractivity contribution < 1.29 is 9.59 Å². The third-order valence-corrected chi connectivity index (χ3v) is 4.51. The minimum Gasteiger partial charge on any atom is -0.314 e. The normalized spacial score (nSPS) is 33.1. The van der Waals surface area contributed by atoms with Crippen LogP contribution in [0.5, 0.6) is 0 Å². The highest BCUT2D eigenvalue weighted by Crippen LogP contribution is 2.39. The number of fused-ring (bicyclic) bond motifs is 1. The van der Waals surface area contributed by atoms with Crippen LogP contribution in [0, 0.1) is 17.8 Å². The molecule has 0 radical (unpaired) electrons. The van der Waals surface area contributed by atoms with E-state index in [-0.39, 0.29) is 23.7 Å². The van der Waals surface area contributed by atoms with Gasteiger partial charge in [0, 0.05) is 12.6 Å². The van der Waals surface area contributed by atoms with E-state index in [9.17, 15) is 9.59 Å². The van der Waals surface area contributed by atoms with Gasteiger partial charge in [0.25, 0.3) is 0 Å². The van der Waals surface area contributed by atoms with E-state index >= 15 is 0 Å². The summed E-state index contributed by atoms with van der Waals surface area (Å²) in [5, 5.41) is 3.46. The Bertz CT molecular complexity index is 343. The van der Waals surface area contributed by atoms with Crippen LogP contribution in [0.3, 0.4) is 0 Å². The number of nitrogens with one attached hydrogen (secondary N) is 1. The summed E-state index contributed by atoms with van der Waals surface area (Å²) in [5.41, 5.74) is 0. The summed E-state index contributed by atoms with van der Waals surface area (Å²) < 4.78 is 0. The molecule has 100 valence electrons. The maximum Gasteiger partial charge on any atom is 0.233 e. The SMILES string of the molecule is CC(CNC1CC1)CN1C(=O)C2CCCC2C1=O. The van der Waals surface area contributed by atoms with Gasteiger partial charge in [0.05, 0.1) is 11.8 Å². The van der Waals surface area contributed by atoms with Crippen molar-refractivity contribution >= 4 is 11.8 Å². The van der Waals surface area contributed by atoms with Crippen LogP contribution in [-0.2, 0) is 9.59 Å². The minimum atomic E-state index is 0.0149. The Morgan fingerprint density at radius 3 is 2.33 bits per heavy atom. The fourth-order valence-electron chi connectivity index (χ4n) is 3.27. The lowest BCUT2D eigenvalue weighted by atomic mass is 10.00. The van der Waals surface area contributed by atoms with Crippen LogP contribution in [0.4, 0.5) is 0 Å². The summed E-state index contributed by atoms with van der Waals surface area (Å²) in [5.74, 6) is 0.584. The van der Waals surface area contributed by atoms with Crippen molar-refractivity contribution in [1.29, 1.82) is 0 Å². The number of hydrogen-bond acceptors (Lipinski definition) is 3. The van der Waals surface area contributed by atoms with E-state index in [2.05, 4.69) is 12.2 Å². The van der Waals surface area contributed by atoms with Crippen molar-refractivity contribution in [3.8, 4) is 0 Å². The van der Waals surface area contributed by atoms with Crippen LogP contribution >= 0.6 is 0 Å². The molecule has 0 aromatic rings. The van der Waals surface area contributed by atoms with Crippen molar-refractivity contribution in [2.75, 3.05) is 13.1 Å². The molecular weight excluding hydrogens is 228 g/mol. The Labute approximate surface area is 108 Å². The molecule has 2 saturated carbocycles. The molecule has 3 fully saturated rings. The van der Waals surface area contributed by atoms with Crippen LogP contribution in [0.1, 0.15) is 39.0 Å². The molecule has 3 unspecified atom stereocenters. The molecule has 18 heavy (non-hydrogen) atoms. The zero-order valence-corrected chi connectivity index (χ0v) is 11.0. The molecule has 1 N–H and O–H groups in total. The highest BCUT2D eigenvalue weighted by molar-refractivity contribution is 6.05. The molecule has 3 rings (SSSR count). The predicted octanol–water partition coefficient (Wildman–Crippen LogP) is 1.16. The molecule has 1 heterocycles. The highest BCUT2D eigenvalue weighted by atomic mass is 16.2. The minimum absolute atomic E-state index is 0.0149. The quantitative estimate of drug-likeness (QED) is 0.745. The van der Waals surface area contributed by atoms with Gasteiger partial charge in [-0.2, -0.15) is 0 Å². The van der Waals surface area contributed by atoms with Gasteiger partial charge >= 0.3 is 0 Å². The average molecular weight is 250 g/mol. The lowest BCUT2D eigenvalue weighted by Gasteiger charge is -2.21. The van der Waals surface area contributed by atoms with Gasteiger partial charge in [-0.25, -0.2) is 0 Å². The Kier molecular flexibility index (Phi) is 3.14. The van der Waals surface area contributed by atoms with E-state index in [1.807, 2.05) is 0 Å². The third kappa shape index (κ3) is 2.18. The van der Waals surface area contributed by atoms with Crippen LogP contribution in [0.15, 0.2) is 0 Å². The average Bonchev–Trinajstić information content (AvgIpc) is 3.01. The predicted molar refractivity (Wildman–Crippen MR) is 67.7 cm³/mol. The zero-order valence-electron chi connectivity index (χ0n) is 11.0. The van der Waals surface area contributed by atoms with Gasteiger partial charge in [0.15, 0.2) is 0 Å². The summed E-state index contributed by atoms with van der Waals surface area (Å²) in [6.07, 6.45) is 5.43. The van der Waals surface area contributed by atoms with Crippen molar-refractivity contribution in [3.63, 3.8) is 0 Å². The molecule has 3 aliphatic rings. The van der Waals surface area contributed by atoms with Gasteiger partial charge in [0.1, 0.15) is 0 Å². The second-order valence-corrected chi connectivity index (χ2v) is 6.22. The first-order valence-corrected chi connectivity index (χ1v) is 7.25.